The largest absolute Gasteiger partial charge is 0.379 e. The van der Waals surface area contributed by atoms with E-state index < -0.39 is 0 Å². The van der Waals surface area contributed by atoms with Gasteiger partial charge in [0, 0.05) is 39.1 Å². The summed E-state index contributed by atoms with van der Waals surface area (Å²) in [4.78, 5) is 16.1. The van der Waals surface area contributed by atoms with Crippen LogP contribution in [0.15, 0.2) is 0 Å². The Balaban J connectivity index is 1.69. The molecule has 2 fully saturated rings. The van der Waals surface area contributed by atoms with E-state index in [-0.39, 0.29) is 0 Å². The molecule has 0 unspecified atom stereocenters. The smallest absolute Gasteiger partial charge is 0.222 e. The molecule has 0 bridgehead atoms. The van der Waals surface area contributed by atoms with Crippen LogP contribution < -0.4 is 0 Å². The van der Waals surface area contributed by atoms with Crippen molar-refractivity contribution in [2.45, 2.75) is 26.2 Å². The second-order valence-electron chi connectivity index (χ2n) is 5.09. The molecule has 2 heterocycles. The highest BCUT2D eigenvalue weighted by atomic mass is 16.5. The molecule has 4 heteroatoms. The number of carbonyl (C=O) groups is 1. The van der Waals surface area contributed by atoms with Crippen LogP contribution in [0.5, 0.6) is 0 Å². The molecule has 2 saturated heterocycles. The summed E-state index contributed by atoms with van der Waals surface area (Å²) in [6, 6.07) is 0. The van der Waals surface area contributed by atoms with E-state index in [9.17, 15) is 4.79 Å². The summed E-state index contributed by atoms with van der Waals surface area (Å²) in [6.07, 6.45) is 2.99. The van der Waals surface area contributed by atoms with Gasteiger partial charge in [0.1, 0.15) is 0 Å². The average Bonchev–Trinajstić information content (AvgIpc) is 2.40. The Morgan fingerprint density at radius 1 is 1.18 bits per heavy atom. The standard InChI is InChI=1S/C13H24N2O2/c1-2-13(16)15-5-3-12(4-6-15)11-14-7-9-17-10-8-14/h12H,2-11H2,1H3. The van der Waals surface area contributed by atoms with Gasteiger partial charge in [0.05, 0.1) is 13.2 Å². The summed E-state index contributed by atoms with van der Waals surface area (Å²) in [7, 11) is 0. The number of hydrogen-bond donors (Lipinski definition) is 0. The van der Waals surface area contributed by atoms with E-state index in [4.69, 9.17) is 4.74 Å². The molecule has 0 radical (unpaired) electrons. The molecule has 0 aromatic heterocycles. The topological polar surface area (TPSA) is 32.8 Å². The lowest BCUT2D eigenvalue weighted by molar-refractivity contribution is -0.132. The van der Waals surface area contributed by atoms with Crippen molar-refractivity contribution in [2.75, 3.05) is 45.9 Å². The van der Waals surface area contributed by atoms with Gasteiger partial charge in [-0.2, -0.15) is 0 Å². The van der Waals surface area contributed by atoms with Crippen molar-refractivity contribution in [2.24, 2.45) is 5.92 Å². The van der Waals surface area contributed by atoms with Gasteiger partial charge in [0.15, 0.2) is 0 Å². The average molecular weight is 240 g/mol. The minimum Gasteiger partial charge on any atom is -0.379 e. The zero-order chi connectivity index (χ0) is 12.1. The molecule has 0 saturated carbocycles. The first-order chi connectivity index (χ1) is 8.29. The molecule has 0 spiro atoms. The van der Waals surface area contributed by atoms with Crippen LogP contribution in [-0.4, -0.2) is 61.6 Å². The highest BCUT2D eigenvalue weighted by Crippen LogP contribution is 2.19. The second-order valence-corrected chi connectivity index (χ2v) is 5.09. The molecular weight excluding hydrogens is 216 g/mol. The molecule has 4 nitrogen and oxygen atoms in total. The van der Waals surface area contributed by atoms with Gasteiger partial charge in [0.2, 0.25) is 5.91 Å². The molecular formula is C13H24N2O2. The van der Waals surface area contributed by atoms with Crippen LogP contribution in [0.4, 0.5) is 0 Å². The van der Waals surface area contributed by atoms with Crippen LogP contribution in [0.1, 0.15) is 26.2 Å². The normalized spacial score (nSPS) is 23.9. The molecule has 0 aromatic rings. The maximum absolute atomic E-state index is 11.6. The van der Waals surface area contributed by atoms with Crippen molar-refractivity contribution in [1.29, 1.82) is 0 Å². The van der Waals surface area contributed by atoms with Crippen LogP contribution in [0.25, 0.3) is 0 Å². The lowest BCUT2D eigenvalue weighted by Gasteiger charge is -2.36. The van der Waals surface area contributed by atoms with Crippen molar-refractivity contribution < 1.29 is 9.53 Å². The third-order valence-corrected chi connectivity index (χ3v) is 3.89. The fraction of sp³-hybridized carbons (Fsp3) is 0.923. The SMILES string of the molecule is CCC(=O)N1CCC(CN2CCOCC2)CC1. The summed E-state index contributed by atoms with van der Waals surface area (Å²) in [5.74, 6) is 1.09. The minimum atomic E-state index is 0.315. The van der Waals surface area contributed by atoms with Crippen molar-refractivity contribution in [1.82, 2.24) is 9.80 Å². The molecule has 1 amide bonds. The third-order valence-electron chi connectivity index (χ3n) is 3.89. The van der Waals surface area contributed by atoms with E-state index in [2.05, 4.69) is 4.90 Å². The number of hydrogen-bond acceptors (Lipinski definition) is 3. The fourth-order valence-electron chi connectivity index (χ4n) is 2.74. The lowest BCUT2D eigenvalue weighted by atomic mass is 9.96. The highest BCUT2D eigenvalue weighted by Gasteiger charge is 2.23. The Morgan fingerprint density at radius 3 is 2.41 bits per heavy atom. The summed E-state index contributed by atoms with van der Waals surface area (Å²) >= 11 is 0. The summed E-state index contributed by atoms with van der Waals surface area (Å²) < 4.78 is 5.36. The molecule has 0 N–H and O–H groups in total. The van der Waals surface area contributed by atoms with E-state index in [1.54, 1.807) is 0 Å². The van der Waals surface area contributed by atoms with Gasteiger partial charge in [0.25, 0.3) is 0 Å². The number of morpholine rings is 1. The van der Waals surface area contributed by atoms with E-state index in [1.165, 1.54) is 19.4 Å². The maximum atomic E-state index is 11.6. The van der Waals surface area contributed by atoms with Crippen LogP contribution in [0.2, 0.25) is 0 Å². The van der Waals surface area contributed by atoms with Crippen LogP contribution in [0.3, 0.4) is 0 Å². The second kappa shape index (κ2) is 6.36. The van der Waals surface area contributed by atoms with Gasteiger partial charge in [-0.25, -0.2) is 0 Å². The molecule has 2 aliphatic heterocycles. The van der Waals surface area contributed by atoms with Gasteiger partial charge in [-0.05, 0) is 18.8 Å². The highest BCUT2D eigenvalue weighted by molar-refractivity contribution is 5.75. The summed E-state index contributed by atoms with van der Waals surface area (Å²) in [6.45, 7) is 8.98. The van der Waals surface area contributed by atoms with Gasteiger partial charge in [-0.15, -0.1) is 0 Å². The quantitative estimate of drug-likeness (QED) is 0.737. The summed E-state index contributed by atoms with van der Waals surface area (Å²) in [5.41, 5.74) is 0. The lowest BCUT2D eigenvalue weighted by Crippen LogP contribution is -2.44. The Morgan fingerprint density at radius 2 is 1.82 bits per heavy atom. The Bertz CT molecular complexity index is 244. The maximum Gasteiger partial charge on any atom is 0.222 e. The zero-order valence-corrected chi connectivity index (χ0v) is 10.9. The first-order valence-electron chi connectivity index (χ1n) is 6.87. The van der Waals surface area contributed by atoms with Gasteiger partial charge in [-0.3, -0.25) is 9.69 Å². The molecule has 98 valence electrons. The molecule has 0 aliphatic carbocycles. The predicted octanol–water partition coefficient (Wildman–Crippen LogP) is 0.967. The van der Waals surface area contributed by atoms with Crippen molar-refractivity contribution in [3.8, 4) is 0 Å². The number of amides is 1. The van der Waals surface area contributed by atoms with Gasteiger partial charge in [-0.1, -0.05) is 6.92 Å². The number of rotatable bonds is 3. The number of nitrogens with zero attached hydrogens (tertiary/aromatic N) is 2. The van der Waals surface area contributed by atoms with Gasteiger partial charge >= 0.3 is 0 Å². The van der Waals surface area contributed by atoms with Crippen molar-refractivity contribution in [3.05, 3.63) is 0 Å². The van der Waals surface area contributed by atoms with Crippen LogP contribution >= 0.6 is 0 Å². The number of piperidine rings is 1. The number of carbonyl (C=O) groups excluding carboxylic acids is 1. The minimum absolute atomic E-state index is 0.315. The first kappa shape index (κ1) is 12.8. The molecule has 2 rings (SSSR count). The first-order valence-corrected chi connectivity index (χ1v) is 6.87. The van der Waals surface area contributed by atoms with Crippen molar-refractivity contribution >= 4 is 5.91 Å². The molecule has 0 atom stereocenters. The molecule has 17 heavy (non-hydrogen) atoms. The van der Waals surface area contributed by atoms with Crippen LogP contribution in [0, 0.1) is 5.92 Å². The molecule has 0 aromatic carbocycles. The third kappa shape index (κ3) is 3.68. The Labute approximate surface area is 104 Å². The van der Waals surface area contributed by atoms with Gasteiger partial charge < -0.3 is 9.64 Å². The monoisotopic (exact) mass is 240 g/mol. The van der Waals surface area contributed by atoms with E-state index in [0.29, 0.717) is 12.3 Å². The summed E-state index contributed by atoms with van der Waals surface area (Å²) in [5, 5.41) is 0. The number of ether oxygens (including phenoxy) is 1. The van der Waals surface area contributed by atoms with E-state index >= 15 is 0 Å². The fourth-order valence-corrected chi connectivity index (χ4v) is 2.74. The Kier molecular flexibility index (Phi) is 4.80. The zero-order valence-electron chi connectivity index (χ0n) is 10.9. The Hall–Kier alpha value is -0.610. The predicted molar refractivity (Wildman–Crippen MR) is 66.9 cm³/mol. The van der Waals surface area contributed by atoms with E-state index in [0.717, 1.165) is 45.3 Å². The molecule has 2 aliphatic rings. The number of likely N-dealkylation sites (tertiary alicyclic amines) is 1. The van der Waals surface area contributed by atoms with E-state index in [1.807, 2.05) is 11.8 Å². The van der Waals surface area contributed by atoms with Crippen molar-refractivity contribution in [3.63, 3.8) is 0 Å². The van der Waals surface area contributed by atoms with Crippen LogP contribution in [-0.2, 0) is 9.53 Å².